The SMILES string of the molecule is C=CCNC(=O)c1cc2c(=O)n3cc(C)ccc3nc2n(CC=C)c1=N. The largest absolute Gasteiger partial charge is 0.348 e. The van der Waals surface area contributed by atoms with Gasteiger partial charge in [-0.3, -0.25) is 19.4 Å². The molecule has 0 bridgehead atoms. The molecule has 0 atom stereocenters. The number of aromatic nitrogens is 3. The van der Waals surface area contributed by atoms with E-state index in [0.29, 0.717) is 11.3 Å². The van der Waals surface area contributed by atoms with E-state index in [2.05, 4.69) is 23.5 Å². The lowest BCUT2D eigenvalue weighted by Gasteiger charge is -2.13. The molecule has 7 heteroatoms. The Morgan fingerprint density at radius 1 is 1.35 bits per heavy atom. The van der Waals surface area contributed by atoms with E-state index in [9.17, 15) is 9.59 Å². The minimum Gasteiger partial charge on any atom is -0.348 e. The van der Waals surface area contributed by atoms with Crippen LogP contribution in [-0.2, 0) is 6.54 Å². The van der Waals surface area contributed by atoms with Crippen LogP contribution in [0.5, 0.6) is 0 Å². The summed E-state index contributed by atoms with van der Waals surface area (Å²) in [7, 11) is 0. The number of nitrogens with one attached hydrogen (secondary N) is 2. The molecule has 0 radical (unpaired) electrons. The number of amides is 1. The number of allylic oxidation sites excluding steroid dienone is 1. The fraction of sp³-hybridized carbons (Fsp3) is 0.158. The van der Waals surface area contributed by atoms with E-state index >= 15 is 0 Å². The maximum atomic E-state index is 13.0. The van der Waals surface area contributed by atoms with Crippen molar-refractivity contribution in [2.45, 2.75) is 13.5 Å². The fourth-order valence-electron chi connectivity index (χ4n) is 2.78. The maximum absolute atomic E-state index is 13.0. The van der Waals surface area contributed by atoms with Gasteiger partial charge in [-0.05, 0) is 24.6 Å². The van der Waals surface area contributed by atoms with E-state index in [1.807, 2.05) is 13.0 Å². The molecule has 2 N–H and O–H groups in total. The van der Waals surface area contributed by atoms with Crippen molar-refractivity contribution in [3.63, 3.8) is 0 Å². The second kappa shape index (κ2) is 6.79. The average molecular weight is 349 g/mol. The molecule has 1 amide bonds. The highest BCUT2D eigenvalue weighted by molar-refractivity contribution is 5.96. The topological polar surface area (TPSA) is 92.2 Å². The Hall–Kier alpha value is -3.48. The van der Waals surface area contributed by atoms with E-state index in [-0.39, 0.29) is 35.1 Å². The lowest BCUT2D eigenvalue weighted by atomic mass is 10.2. The van der Waals surface area contributed by atoms with Crippen molar-refractivity contribution in [3.8, 4) is 0 Å². The van der Waals surface area contributed by atoms with E-state index in [1.165, 1.54) is 15.0 Å². The molecule has 132 valence electrons. The molecule has 3 heterocycles. The summed E-state index contributed by atoms with van der Waals surface area (Å²) in [6.45, 7) is 9.66. The normalized spacial score (nSPS) is 10.8. The molecule has 0 aliphatic heterocycles. The summed E-state index contributed by atoms with van der Waals surface area (Å²) in [4.78, 5) is 29.9. The standard InChI is InChI=1S/C19H19N5O2/c1-4-8-21-18(25)13-10-14-17(23(9-5-2)16(13)20)22-15-7-6-12(3)11-24(15)19(14)26/h4-7,10-11,20H,1-2,8-9H2,3H3,(H,21,25). The van der Waals surface area contributed by atoms with Crippen LogP contribution in [0, 0.1) is 12.3 Å². The molecule has 0 saturated carbocycles. The third-order valence-corrected chi connectivity index (χ3v) is 4.02. The van der Waals surface area contributed by atoms with Crippen molar-refractivity contribution in [3.05, 3.63) is 76.7 Å². The Labute approximate surface area is 149 Å². The molecule has 3 aromatic heterocycles. The zero-order valence-corrected chi connectivity index (χ0v) is 14.5. The van der Waals surface area contributed by atoms with Crippen LogP contribution in [0.25, 0.3) is 16.7 Å². The summed E-state index contributed by atoms with van der Waals surface area (Å²) in [5, 5.41) is 11.3. The lowest BCUT2D eigenvalue weighted by molar-refractivity contribution is 0.0955. The van der Waals surface area contributed by atoms with Crippen LogP contribution in [0.15, 0.2) is 54.5 Å². The first-order valence-electron chi connectivity index (χ1n) is 8.09. The van der Waals surface area contributed by atoms with Crippen LogP contribution >= 0.6 is 0 Å². The minimum atomic E-state index is -0.441. The van der Waals surface area contributed by atoms with Gasteiger partial charge in [0.25, 0.3) is 11.5 Å². The van der Waals surface area contributed by atoms with Gasteiger partial charge in [-0.1, -0.05) is 18.2 Å². The van der Waals surface area contributed by atoms with Crippen LogP contribution in [-0.4, -0.2) is 26.4 Å². The maximum Gasteiger partial charge on any atom is 0.267 e. The van der Waals surface area contributed by atoms with Gasteiger partial charge in [0.2, 0.25) is 0 Å². The van der Waals surface area contributed by atoms with Crippen molar-refractivity contribution in [2.75, 3.05) is 6.54 Å². The van der Waals surface area contributed by atoms with Crippen molar-refractivity contribution in [1.82, 2.24) is 19.3 Å². The first kappa shape index (κ1) is 17.3. The highest BCUT2D eigenvalue weighted by Gasteiger charge is 2.16. The van der Waals surface area contributed by atoms with Gasteiger partial charge in [0.15, 0.2) is 0 Å². The Morgan fingerprint density at radius 2 is 2.12 bits per heavy atom. The molecular weight excluding hydrogens is 330 g/mol. The van der Waals surface area contributed by atoms with Crippen molar-refractivity contribution in [1.29, 1.82) is 5.41 Å². The summed E-state index contributed by atoms with van der Waals surface area (Å²) in [5.74, 6) is -0.441. The predicted molar refractivity (Wildman–Crippen MR) is 100 cm³/mol. The molecule has 0 saturated heterocycles. The molecule has 0 fully saturated rings. The van der Waals surface area contributed by atoms with Gasteiger partial charge < -0.3 is 9.88 Å². The smallest absolute Gasteiger partial charge is 0.267 e. The van der Waals surface area contributed by atoms with Crippen LogP contribution in [0.2, 0.25) is 0 Å². The zero-order chi connectivity index (χ0) is 18.8. The molecule has 26 heavy (non-hydrogen) atoms. The highest BCUT2D eigenvalue weighted by atomic mass is 16.1. The Bertz CT molecular complexity index is 1170. The summed E-state index contributed by atoms with van der Waals surface area (Å²) < 4.78 is 2.96. The highest BCUT2D eigenvalue weighted by Crippen LogP contribution is 2.11. The number of aryl methyl sites for hydroxylation is 1. The van der Waals surface area contributed by atoms with Gasteiger partial charge >= 0.3 is 0 Å². The second-order valence-corrected chi connectivity index (χ2v) is 5.89. The van der Waals surface area contributed by atoms with Crippen molar-refractivity contribution < 1.29 is 4.79 Å². The molecule has 0 aliphatic carbocycles. The van der Waals surface area contributed by atoms with Crippen LogP contribution < -0.4 is 16.4 Å². The summed E-state index contributed by atoms with van der Waals surface area (Å²) in [5.41, 5.74) is 1.54. The predicted octanol–water partition coefficient (Wildman–Crippen LogP) is 1.54. The third-order valence-electron chi connectivity index (χ3n) is 4.02. The van der Waals surface area contributed by atoms with Crippen LogP contribution in [0.4, 0.5) is 0 Å². The van der Waals surface area contributed by atoms with Gasteiger partial charge in [0.1, 0.15) is 16.8 Å². The van der Waals surface area contributed by atoms with E-state index < -0.39 is 5.91 Å². The number of carbonyl (C=O) groups is 1. The lowest BCUT2D eigenvalue weighted by Crippen LogP contribution is -2.34. The summed E-state index contributed by atoms with van der Waals surface area (Å²) in [6.07, 6.45) is 4.85. The first-order valence-corrected chi connectivity index (χ1v) is 8.09. The van der Waals surface area contributed by atoms with Crippen molar-refractivity contribution in [2.24, 2.45) is 0 Å². The molecule has 3 rings (SSSR count). The molecule has 0 spiro atoms. The van der Waals surface area contributed by atoms with Crippen LogP contribution in [0.3, 0.4) is 0 Å². The minimum absolute atomic E-state index is 0.0256. The molecule has 0 aliphatic rings. The molecule has 7 nitrogen and oxygen atoms in total. The number of fused-ring (bicyclic) bond motifs is 2. The number of hydrogen-bond donors (Lipinski definition) is 2. The van der Waals surface area contributed by atoms with E-state index in [0.717, 1.165) is 5.56 Å². The zero-order valence-electron chi connectivity index (χ0n) is 14.5. The third kappa shape index (κ3) is 2.83. The quantitative estimate of drug-likeness (QED) is 0.540. The number of hydrogen-bond acceptors (Lipinski definition) is 4. The van der Waals surface area contributed by atoms with Gasteiger partial charge in [-0.25, -0.2) is 4.98 Å². The van der Waals surface area contributed by atoms with Gasteiger partial charge in [-0.2, -0.15) is 0 Å². The number of rotatable bonds is 5. The van der Waals surface area contributed by atoms with Crippen molar-refractivity contribution >= 4 is 22.6 Å². The summed E-state index contributed by atoms with van der Waals surface area (Å²) in [6, 6.07) is 5.05. The second-order valence-electron chi connectivity index (χ2n) is 5.89. The monoisotopic (exact) mass is 349 g/mol. The molecule has 0 aromatic carbocycles. The number of nitrogens with zero attached hydrogens (tertiary/aromatic N) is 3. The summed E-state index contributed by atoms with van der Waals surface area (Å²) >= 11 is 0. The Kier molecular flexibility index (Phi) is 4.53. The average Bonchev–Trinajstić information content (AvgIpc) is 2.63. The van der Waals surface area contributed by atoms with Gasteiger partial charge in [-0.15, -0.1) is 13.2 Å². The molecular formula is C19H19N5O2. The molecule has 3 aromatic rings. The van der Waals surface area contributed by atoms with Gasteiger partial charge in [0, 0.05) is 19.3 Å². The van der Waals surface area contributed by atoms with E-state index in [1.54, 1.807) is 24.4 Å². The number of carbonyl (C=O) groups excluding carboxylic acids is 1. The van der Waals surface area contributed by atoms with Crippen LogP contribution in [0.1, 0.15) is 15.9 Å². The molecule has 0 unspecified atom stereocenters. The first-order chi connectivity index (χ1) is 12.5. The van der Waals surface area contributed by atoms with Gasteiger partial charge in [0.05, 0.1) is 10.9 Å². The Balaban J connectivity index is 2.42. The fourth-order valence-corrected chi connectivity index (χ4v) is 2.78. The Morgan fingerprint density at radius 3 is 2.81 bits per heavy atom. The number of pyridine rings is 2. The van der Waals surface area contributed by atoms with E-state index in [4.69, 9.17) is 5.41 Å².